The third-order valence-electron chi connectivity index (χ3n) is 12.9. The van der Waals surface area contributed by atoms with Crippen LogP contribution in [0.25, 0.3) is 0 Å². The van der Waals surface area contributed by atoms with Gasteiger partial charge >= 0.3 is 30.2 Å². The Bertz CT molecular complexity index is 2270. The van der Waals surface area contributed by atoms with Crippen molar-refractivity contribution in [2.24, 2.45) is 16.7 Å². The van der Waals surface area contributed by atoms with Crippen molar-refractivity contribution in [2.75, 3.05) is 19.8 Å². The van der Waals surface area contributed by atoms with Gasteiger partial charge in [-0.1, -0.05) is 148 Å². The van der Waals surface area contributed by atoms with Gasteiger partial charge in [-0.15, -0.1) is 0 Å². The van der Waals surface area contributed by atoms with E-state index in [0.717, 1.165) is 6.92 Å². The molecule has 3 aliphatic carbocycles. The van der Waals surface area contributed by atoms with E-state index in [1.165, 1.54) is 39.8 Å². The van der Waals surface area contributed by atoms with Crippen molar-refractivity contribution in [1.29, 1.82) is 0 Å². The van der Waals surface area contributed by atoms with E-state index in [-0.39, 0.29) is 16.7 Å². The van der Waals surface area contributed by atoms with Crippen molar-refractivity contribution in [3.63, 3.8) is 0 Å². The highest BCUT2D eigenvalue weighted by Gasteiger charge is 2.79. The Labute approximate surface area is 423 Å². The molecule has 4 aliphatic rings. The van der Waals surface area contributed by atoms with E-state index in [1.54, 1.807) is 48.5 Å². The molecule has 0 aromatic heterocycles. The Morgan fingerprint density at radius 3 is 1.93 bits per heavy atom. The molecule has 2 aromatic carbocycles. The number of halogens is 7. The van der Waals surface area contributed by atoms with Crippen LogP contribution in [0, 0.1) is 16.7 Å². The number of ether oxygens (including phenoxy) is 8. The summed E-state index contributed by atoms with van der Waals surface area (Å²) in [5.41, 5.74) is -8.42. The highest BCUT2D eigenvalue weighted by atomic mass is 79.9. The minimum atomic E-state index is -2.56. The summed E-state index contributed by atoms with van der Waals surface area (Å²) in [5, 5.41) is 25.2. The van der Waals surface area contributed by atoms with Gasteiger partial charge in [-0.3, -0.25) is 9.59 Å². The maximum atomic E-state index is 16.1. The number of rotatable bonds is 11. The third-order valence-corrected chi connectivity index (χ3v) is 14.6. The number of aliphatic hydroxyl groups is 2. The van der Waals surface area contributed by atoms with Crippen LogP contribution in [0.3, 0.4) is 0 Å². The van der Waals surface area contributed by atoms with Crippen molar-refractivity contribution in [3.8, 4) is 0 Å². The molecule has 1 aliphatic heterocycles. The predicted octanol–water partition coefficient (Wildman–Crippen LogP) is 8.19. The van der Waals surface area contributed by atoms with Gasteiger partial charge in [0.25, 0.3) is 0 Å². The molecule has 2 N–H and O–H groups in total. The number of benzene rings is 2. The Kier molecular flexibility index (Phi) is 15.9. The highest BCUT2D eigenvalue weighted by Crippen LogP contribution is 2.65. The van der Waals surface area contributed by atoms with Crippen LogP contribution >= 0.6 is 85.5 Å². The number of hydrogen-bond donors (Lipinski definition) is 2. The zero-order valence-electron chi connectivity index (χ0n) is 36.2. The normalized spacial score (nSPS) is 30.9. The molecule has 1 heterocycles. The predicted molar refractivity (Wildman–Crippen MR) is 244 cm³/mol. The molecule has 0 spiro atoms. The highest BCUT2D eigenvalue weighted by molar-refractivity contribution is 9.09. The van der Waals surface area contributed by atoms with Gasteiger partial charge in [0.1, 0.15) is 43.2 Å². The summed E-state index contributed by atoms with van der Waals surface area (Å²) in [5.74, 6) is -6.00. The van der Waals surface area contributed by atoms with Crippen LogP contribution in [0.1, 0.15) is 68.2 Å². The van der Waals surface area contributed by atoms with Crippen LogP contribution in [0.15, 0.2) is 71.8 Å². The number of Topliss-reactive ketones (excluding diaryl/α,β-unsaturated/α-hetero) is 1. The number of aliphatic hydroxyl groups excluding tert-OH is 1. The third kappa shape index (κ3) is 10.7. The molecule has 67 heavy (non-hydrogen) atoms. The second-order valence-electron chi connectivity index (χ2n) is 17.3. The minimum absolute atomic E-state index is 0.0168. The average Bonchev–Trinajstić information content (AvgIpc) is 3.25. The van der Waals surface area contributed by atoms with E-state index in [2.05, 4.69) is 15.9 Å². The van der Waals surface area contributed by atoms with E-state index < -0.39 is 146 Å². The molecule has 6 rings (SSSR count). The summed E-state index contributed by atoms with van der Waals surface area (Å²) in [6.45, 7) is 4.57. The Hall–Kier alpha value is -3.10. The molecule has 3 fully saturated rings. The summed E-state index contributed by atoms with van der Waals surface area (Å²) in [6, 6.07) is 16.0. The molecular formula is C44H45BrCl6O16. The fraction of sp³-hybridized carbons (Fsp3) is 0.545. The van der Waals surface area contributed by atoms with E-state index in [0.29, 0.717) is 5.56 Å². The van der Waals surface area contributed by atoms with Crippen LogP contribution in [-0.2, 0) is 52.3 Å². The van der Waals surface area contributed by atoms with Crippen molar-refractivity contribution < 1.29 is 76.9 Å². The lowest BCUT2D eigenvalue weighted by molar-refractivity contribution is -0.346. The van der Waals surface area contributed by atoms with Gasteiger partial charge < -0.3 is 48.1 Å². The summed E-state index contributed by atoms with van der Waals surface area (Å²) in [7, 11) is 0. The molecule has 0 amide bonds. The number of hydrogen-bond acceptors (Lipinski definition) is 16. The molecule has 11 atom stereocenters. The fourth-order valence-electron chi connectivity index (χ4n) is 9.71. The minimum Gasteiger partial charge on any atom is -0.456 e. The van der Waals surface area contributed by atoms with Crippen molar-refractivity contribution in [3.05, 3.63) is 82.9 Å². The van der Waals surface area contributed by atoms with E-state index in [9.17, 15) is 34.2 Å². The Morgan fingerprint density at radius 2 is 1.40 bits per heavy atom. The zero-order valence-corrected chi connectivity index (χ0v) is 42.3. The summed E-state index contributed by atoms with van der Waals surface area (Å²) >= 11 is 38.6. The quantitative estimate of drug-likeness (QED) is 0.0938. The number of esters is 3. The first kappa shape index (κ1) is 53.3. The van der Waals surface area contributed by atoms with Crippen LogP contribution < -0.4 is 0 Å². The van der Waals surface area contributed by atoms with Crippen molar-refractivity contribution in [2.45, 2.75) is 108 Å². The average molecular weight is 1120 g/mol. The monoisotopic (exact) mass is 1120 g/mol. The van der Waals surface area contributed by atoms with Crippen molar-refractivity contribution in [1.82, 2.24) is 0 Å². The first-order chi connectivity index (χ1) is 31.1. The Morgan fingerprint density at radius 1 is 0.851 bits per heavy atom. The van der Waals surface area contributed by atoms with Crippen LogP contribution in [0.5, 0.6) is 0 Å². The SMILES string of the molecule is CC(=O)O[C@@]12CO[C@@H]1C[C@H](OC(=O)OCC(Cl)(Cl)Cl)[C@@]1(C)C(=O)[C@H](OC(=O)OCC(Cl)(Cl)Cl)C3=C(C)[C@@H](OC(=O)[C@H](O)[C@H](Br)c4ccccc4)C[C@@](O)([C@@H](OC(=O)c4ccccc4)[C@H]21)C3(C)C. The standard InChI is InChI=1S/C44H45BrCl6O16/c1-21-25(63-36(56)30(53)29(45)23-12-8-6-9-13-23)17-42(59)34(66-35(55)24-14-10-7-11-15-24)32-40(5,33(54)31(28(21)39(42,3)4)65-38(58)62-20-44(49,50)51)26(64-37(57)61-19-43(46,47)48)16-27-41(32,18-60-27)67-22(2)52/h6-15,25-27,29-32,34,53,59H,16-20H2,1-5H3/t25-,26-,27+,29+,30+,31+,32-,34-,40+,41-,42+/m0/s1. The van der Waals surface area contributed by atoms with Crippen molar-refractivity contribution >= 4 is 122 Å². The lowest BCUT2D eigenvalue weighted by Gasteiger charge is -2.67. The topological polar surface area (TPSA) is 217 Å². The number of ketones is 1. The molecule has 1 saturated heterocycles. The molecular weight excluding hydrogens is 1080 g/mol. The zero-order chi connectivity index (χ0) is 49.7. The number of alkyl halides is 7. The maximum Gasteiger partial charge on any atom is 0.509 e. The Balaban J connectivity index is 1.62. The van der Waals surface area contributed by atoms with E-state index >= 15 is 4.79 Å². The van der Waals surface area contributed by atoms with E-state index in [4.69, 9.17) is 108 Å². The molecule has 2 bridgehead atoms. The second kappa shape index (κ2) is 20.0. The first-order valence-corrected chi connectivity index (χ1v) is 23.7. The molecule has 0 unspecified atom stereocenters. The van der Waals surface area contributed by atoms with Gasteiger partial charge in [0.15, 0.2) is 23.6 Å². The van der Waals surface area contributed by atoms with Crippen LogP contribution in [-0.4, -0.2) is 121 Å². The van der Waals surface area contributed by atoms with Gasteiger partial charge in [-0.2, -0.15) is 0 Å². The molecule has 2 saturated carbocycles. The van der Waals surface area contributed by atoms with Gasteiger partial charge in [0.2, 0.25) is 7.59 Å². The molecule has 2 aromatic rings. The molecule has 0 radical (unpaired) electrons. The van der Waals surface area contributed by atoms with Crippen LogP contribution in [0.4, 0.5) is 9.59 Å². The van der Waals surface area contributed by atoms with E-state index in [1.807, 2.05) is 0 Å². The van der Waals surface area contributed by atoms with Gasteiger partial charge in [0.05, 0.1) is 28.3 Å². The maximum absolute atomic E-state index is 16.1. The fourth-order valence-corrected chi connectivity index (χ4v) is 10.6. The lowest BCUT2D eigenvalue weighted by atomic mass is 9.44. The first-order valence-electron chi connectivity index (χ1n) is 20.5. The largest absolute Gasteiger partial charge is 0.509 e. The lowest BCUT2D eigenvalue weighted by Crippen LogP contribution is -2.82. The smallest absolute Gasteiger partial charge is 0.456 e. The summed E-state index contributed by atoms with van der Waals surface area (Å²) in [4.78, 5) is 84.1. The number of carbonyl (C=O) groups is 6. The molecule has 16 nitrogen and oxygen atoms in total. The number of fused-ring (bicyclic) bond motifs is 5. The number of carbonyl (C=O) groups excluding carboxylic acids is 6. The summed E-state index contributed by atoms with van der Waals surface area (Å²) in [6.07, 6.45) is -14.6. The van der Waals surface area contributed by atoms with Gasteiger partial charge in [-0.25, -0.2) is 19.2 Å². The van der Waals surface area contributed by atoms with Crippen LogP contribution in [0.2, 0.25) is 0 Å². The van der Waals surface area contributed by atoms with Gasteiger partial charge in [-0.05, 0) is 42.7 Å². The summed E-state index contributed by atoms with van der Waals surface area (Å²) < 4.78 is 42.3. The van der Waals surface area contributed by atoms with Gasteiger partial charge in [0, 0.05) is 25.2 Å². The molecule has 23 heteroatoms. The second-order valence-corrected chi connectivity index (χ2v) is 23.4. The molecule has 366 valence electrons.